The fourth-order valence-electron chi connectivity index (χ4n) is 4.37. The molecule has 2 aromatic rings. The summed E-state index contributed by atoms with van der Waals surface area (Å²) < 4.78 is 43.5. The van der Waals surface area contributed by atoms with Crippen LogP contribution in [-0.2, 0) is 16.6 Å². The Morgan fingerprint density at radius 2 is 2.00 bits per heavy atom. The second kappa shape index (κ2) is 11.9. The number of alkyl halides is 1. The SMILES string of the molecule is CCN(CC)CCCS(=O)(=O)N1CC[C@H](Nc2ncc(C)c(-c3cnn(CC(C)(C)O)c3)n2)[C@H](F)C1. The van der Waals surface area contributed by atoms with Crippen molar-refractivity contribution in [3.63, 3.8) is 0 Å². The molecule has 0 aromatic carbocycles. The molecule has 3 heterocycles. The van der Waals surface area contributed by atoms with E-state index in [-0.39, 0.29) is 24.8 Å². The summed E-state index contributed by atoms with van der Waals surface area (Å²) in [6, 6.07) is -0.583. The number of sulfonamides is 1. The molecule has 2 aromatic heterocycles. The van der Waals surface area contributed by atoms with Crippen LogP contribution in [0.3, 0.4) is 0 Å². The van der Waals surface area contributed by atoms with Crippen molar-refractivity contribution < 1.29 is 17.9 Å². The summed E-state index contributed by atoms with van der Waals surface area (Å²) in [4.78, 5) is 11.1. The zero-order valence-electron chi connectivity index (χ0n) is 22.0. The maximum Gasteiger partial charge on any atom is 0.223 e. The van der Waals surface area contributed by atoms with Gasteiger partial charge in [-0.3, -0.25) is 4.68 Å². The highest BCUT2D eigenvalue weighted by Gasteiger charge is 2.35. The molecule has 1 fully saturated rings. The van der Waals surface area contributed by atoms with Gasteiger partial charge in [0.25, 0.3) is 0 Å². The molecule has 0 spiro atoms. The van der Waals surface area contributed by atoms with E-state index >= 15 is 4.39 Å². The van der Waals surface area contributed by atoms with Crippen molar-refractivity contribution in [2.45, 2.75) is 71.8 Å². The first-order valence-electron chi connectivity index (χ1n) is 12.6. The summed E-state index contributed by atoms with van der Waals surface area (Å²) in [5, 5.41) is 17.4. The Balaban J connectivity index is 1.61. The lowest BCUT2D eigenvalue weighted by atomic mass is 10.1. The molecule has 36 heavy (non-hydrogen) atoms. The lowest BCUT2D eigenvalue weighted by molar-refractivity contribution is 0.0577. The van der Waals surface area contributed by atoms with E-state index in [1.807, 2.05) is 6.92 Å². The molecular formula is C24H40FN7O3S. The number of nitrogens with one attached hydrogen (secondary N) is 1. The molecule has 202 valence electrons. The van der Waals surface area contributed by atoms with Crippen LogP contribution < -0.4 is 5.32 Å². The Bertz CT molecular complexity index is 1100. The van der Waals surface area contributed by atoms with Gasteiger partial charge in [-0.15, -0.1) is 0 Å². The summed E-state index contributed by atoms with van der Waals surface area (Å²) in [7, 11) is -3.50. The Labute approximate surface area is 214 Å². The Hall–Kier alpha value is -2.15. The zero-order chi connectivity index (χ0) is 26.5. The molecule has 1 aliphatic heterocycles. The minimum absolute atomic E-state index is 0.0277. The van der Waals surface area contributed by atoms with Gasteiger partial charge in [0.1, 0.15) is 6.17 Å². The molecule has 10 nitrogen and oxygen atoms in total. The van der Waals surface area contributed by atoms with Crippen LogP contribution in [0, 0.1) is 6.92 Å². The van der Waals surface area contributed by atoms with Gasteiger partial charge in [-0.25, -0.2) is 22.8 Å². The van der Waals surface area contributed by atoms with Gasteiger partial charge < -0.3 is 15.3 Å². The van der Waals surface area contributed by atoms with Gasteiger partial charge in [0, 0.05) is 31.0 Å². The maximum absolute atomic E-state index is 15.1. The number of hydrogen-bond acceptors (Lipinski definition) is 8. The van der Waals surface area contributed by atoms with E-state index in [0.717, 1.165) is 24.2 Å². The summed E-state index contributed by atoms with van der Waals surface area (Å²) in [6.45, 7) is 12.3. The molecule has 3 rings (SSSR count). The van der Waals surface area contributed by atoms with Gasteiger partial charge in [0.2, 0.25) is 16.0 Å². The Morgan fingerprint density at radius 1 is 1.28 bits per heavy atom. The van der Waals surface area contributed by atoms with Gasteiger partial charge in [-0.2, -0.15) is 9.40 Å². The first-order chi connectivity index (χ1) is 16.9. The van der Waals surface area contributed by atoms with Crippen molar-refractivity contribution in [2.24, 2.45) is 0 Å². The summed E-state index contributed by atoms with van der Waals surface area (Å²) in [6.07, 6.45) is 4.63. The van der Waals surface area contributed by atoms with Crippen LogP contribution in [0.15, 0.2) is 18.6 Å². The van der Waals surface area contributed by atoms with E-state index < -0.39 is 27.8 Å². The molecule has 1 saturated heterocycles. The zero-order valence-corrected chi connectivity index (χ0v) is 22.8. The average Bonchev–Trinajstić information content (AvgIpc) is 3.25. The second-order valence-corrected chi connectivity index (χ2v) is 12.2. The molecule has 1 aliphatic rings. The van der Waals surface area contributed by atoms with Crippen molar-refractivity contribution >= 4 is 16.0 Å². The van der Waals surface area contributed by atoms with Gasteiger partial charge >= 0.3 is 0 Å². The monoisotopic (exact) mass is 525 g/mol. The van der Waals surface area contributed by atoms with E-state index in [1.165, 1.54) is 4.31 Å². The number of aliphatic hydroxyl groups is 1. The van der Waals surface area contributed by atoms with Crippen LogP contribution >= 0.6 is 0 Å². The molecule has 2 N–H and O–H groups in total. The van der Waals surface area contributed by atoms with E-state index in [0.29, 0.717) is 31.6 Å². The predicted octanol–water partition coefficient (Wildman–Crippen LogP) is 2.31. The van der Waals surface area contributed by atoms with Gasteiger partial charge in [-0.1, -0.05) is 13.8 Å². The molecule has 0 aliphatic carbocycles. The van der Waals surface area contributed by atoms with Crippen LogP contribution in [-0.4, -0.2) is 98.8 Å². The molecular weight excluding hydrogens is 485 g/mol. The predicted molar refractivity (Wildman–Crippen MR) is 139 cm³/mol. The van der Waals surface area contributed by atoms with Crippen molar-refractivity contribution in [1.82, 2.24) is 29.0 Å². The van der Waals surface area contributed by atoms with Crippen molar-refractivity contribution in [2.75, 3.05) is 43.8 Å². The lowest BCUT2D eigenvalue weighted by Gasteiger charge is -2.34. The number of aryl methyl sites for hydroxylation is 1. The lowest BCUT2D eigenvalue weighted by Crippen LogP contribution is -2.50. The van der Waals surface area contributed by atoms with Crippen molar-refractivity contribution in [1.29, 1.82) is 0 Å². The molecule has 0 radical (unpaired) electrons. The number of halogens is 1. The average molecular weight is 526 g/mol. The third-order valence-electron chi connectivity index (χ3n) is 6.41. The quantitative estimate of drug-likeness (QED) is 0.434. The largest absolute Gasteiger partial charge is 0.389 e. The van der Waals surface area contributed by atoms with Gasteiger partial charge in [0.05, 0.1) is 35.8 Å². The molecule has 0 amide bonds. The first kappa shape index (κ1) is 28.4. The van der Waals surface area contributed by atoms with Crippen LogP contribution in [0.1, 0.15) is 46.1 Å². The Kier molecular flexibility index (Phi) is 9.42. The standard InChI is InChI=1S/C24H40FN7O3S/c1-6-30(7-2)10-8-12-36(34,35)32-11-9-21(20(25)16-32)28-23-26-13-18(3)22(29-23)19-14-27-31(15-19)17-24(4,5)33/h13-15,20-21,33H,6-12,16-17H2,1-5H3,(H,26,28,29)/t20-,21+/m1/s1. The smallest absolute Gasteiger partial charge is 0.223 e. The molecule has 12 heteroatoms. The number of rotatable bonds is 12. The third kappa shape index (κ3) is 7.67. The third-order valence-corrected chi connectivity index (χ3v) is 8.33. The summed E-state index contributed by atoms with van der Waals surface area (Å²) >= 11 is 0. The molecule has 0 saturated carbocycles. The number of nitrogens with zero attached hydrogens (tertiary/aromatic N) is 6. The number of anilines is 1. The summed E-state index contributed by atoms with van der Waals surface area (Å²) in [5.41, 5.74) is 1.37. The normalized spacial score (nSPS) is 19.7. The van der Waals surface area contributed by atoms with Crippen LogP contribution in [0.5, 0.6) is 0 Å². The molecule has 0 unspecified atom stereocenters. The molecule has 0 bridgehead atoms. The minimum atomic E-state index is -3.50. The minimum Gasteiger partial charge on any atom is -0.389 e. The van der Waals surface area contributed by atoms with Crippen molar-refractivity contribution in [3.8, 4) is 11.3 Å². The summed E-state index contributed by atoms with van der Waals surface area (Å²) in [5.74, 6) is 0.314. The van der Waals surface area contributed by atoms with E-state index in [1.54, 1.807) is 37.1 Å². The van der Waals surface area contributed by atoms with E-state index in [2.05, 4.69) is 39.1 Å². The highest BCUT2D eigenvalue weighted by molar-refractivity contribution is 7.89. The number of aromatic nitrogens is 4. The van der Waals surface area contributed by atoms with Crippen LogP contribution in [0.2, 0.25) is 0 Å². The molecule has 2 atom stereocenters. The van der Waals surface area contributed by atoms with Gasteiger partial charge in [0.15, 0.2) is 0 Å². The first-order valence-corrected chi connectivity index (χ1v) is 14.2. The topological polar surface area (TPSA) is 116 Å². The van der Waals surface area contributed by atoms with Gasteiger partial charge in [-0.05, 0) is 58.8 Å². The highest BCUT2D eigenvalue weighted by Crippen LogP contribution is 2.24. The van der Waals surface area contributed by atoms with Crippen LogP contribution in [0.25, 0.3) is 11.3 Å². The van der Waals surface area contributed by atoms with E-state index in [4.69, 9.17) is 0 Å². The highest BCUT2D eigenvalue weighted by atomic mass is 32.2. The fraction of sp³-hybridized carbons (Fsp3) is 0.708. The maximum atomic E-state index is 15.1. The van der Waals surface area contributed by atoms with E-state index in [9.17, 15) is 13.5 Å². The van der Waals surface area contributed by atoms with Crippen LogP contribution in [0.4, 0.5) is 10.3 Å². The fourth-order valence-corrected chi connectivity index (χ4v) is 5.88. The number of hydrogen-bond donors (Lipinski definition) is 2. The second-order valence-electron chi connectivity index (χ2n) is 10.1. The van der Waals surface area contributed by atoms with Crippen molar-refractivity contribution in [3.05, 3.63) is 24.2 Å². The Morgan fingerprint density at radius 3 is 2.64 bits per heavy atom. The number of piperidine rings is 1.